The van der Waals surface area contributed by atoms with Gasteiger partial charge in [0.1, 0.15) is 0 Å². The molecular formula is C21H29IN4O. The monoisotopic (exact) mass is 480 g/mol. The van der Waals surface area contributed by atoms with E-state index in [1.165, 1.54) is 5.56 Å². The number of rotatable bonds is 7. The molecule has 2 heterocycles. The quantitative estimate of drug-likeness (QED) is 0.375. The Kier molecular flexibility index (Phi) is 9.55. The number of nitrogens with zero attached hydrogens (tertiary/aromatic N) is 3. The summed E-state index contributed by atoms with van der Waals surface area (Å²) in [6, 6.07) is 16.4. The van der Waals surface area contributed by atoms with Gasteiger partial charge >= 0.3 is 0 Å². The molecule has 27 heavy (non-hydrogen) atoms. The second kappa shape index (κ2) is 11.9. The van der Waals surface area contributed by atoms with Crippen molar-refractivity contribution in [3.8, 4) is 0 Å². The fourth-order valence-corrected chi connectivity index (χ4v) is 3.26. The van der Waals surface area contributed by atoms with Crippen molar-refractivity contribution in [3.63, 3.8) is 0 Å². The molecule has 0 radical (unpaired) electrons. The van der Waals surface area contributed by atoms with Gasteiger partial charge in [-0.25, -0.2) is 0 Å². The lowest BCUT2D eigenvalue weighted by molar-refractivity contribution is 0.0907. The van der Waals surface area contributed by atoms with Crippen LogP contribution in [0.5, 0.6) is 0 Å². The zero-order chi connectivity index (χ0) is 18.0. The smallest absolute Gasteiger partial charge is 0.193 e. The molecule has 1 aromatic carbocycles. The molecule has 0 aliphatic carbocycles. The van der Waals surface area contributed by atoms with E-state index >= 15 is 0 Å². The molecule has 1 unspecified atom stereocenters. The van der Waals surface area contributed by atoms with Crippen LogP contribution in [0.15, 0.2) is 59.7 Å². The molecule has 0 amide bonds. The Morgan fingerprint density at radius 1 is 1.22 bits per heavy atom. The van der Waals surface area contributed by atoms with E-state index in [4.69, 9.17) is 4.74 Å². The van der Waals surface area contributed by atoms with Crippen LogP contribution in [0.2, 0.25) is 0 Å². The van der Waals surface area contributed by atoms with Crippen LogP contribution in [0, 0.1) is 5.92 Å². The summed E-state index contributed by atoms with van der Waals surface area (Å²) < 4.78 is 5.91. The largest absolute Gasteiger partial charge is 0.376 e. The highest BCUT2D eigenvalue weighted by molar-refractivity contribution is 14.0. The van der Waals surface area contributed by atoms with Crippen molar-refractivity contribution in [2.45, 2.75) is 19.4 Å². The Morgan fingerprint density at radius 3 is 2.78 bits per heavy atom. The van der Waals surface area contributed by atoms with Gasteiger partial charge in [-0.2, -0.15) is 0 Å². The van der Waals surface area contributed by atoms with Gasteiger partial charge in [-0.05, 0) is 24.1 Å². The van der Waals surface area contributed by atoms with Crippen molar-refractivity contribution < 1.29 is 4.74 Å². The first-order valence-corrected chi connectivity index (χ1v) is 9.32. The third-order valence-electron chi connectivity index (χ3n) is 4.65. The zero-order valence-corrected chi connectivity index (χ0v) is 18.2. The highest BCUT2D eigenvalue weighted by Gasteiger charge is 2.24. The average Bonchev–Trinajstić information content (AvgIpc) is 3.16. The van der Waals surface area contributed by atoms with Gasteiger partial charge in [0.15, 0.2) is 5.96 Å². The van der Waals surface area contributed by atoms with Gasteiger partial charge in [-0.15, -0.1) is 24.0 Å². The Hall–Kier alpha value is -1.67. The van der Waals surface area contributed by atoms with Crippen LogP contribution in [-0.2, 0) is 17.8 Å². The topological polar surface area (TPSA) is 49.8 Å². The van der Waals surface area contributed by atoms with Crippen molar-refractivity contribution in [1.29, 1.82) is 0 Å². The summed E-state index contributed by atoms with van der Waals surface area (Å²) in [4.78, 5) is 11.1. The minimum Gasteiger partial charge on any atom is -0.376 e. The lowest BCUT2D eigenvalue weighted by Gasteiger charge is -2.21. The summed E-state index contributed by atoms with van der Waals surface area (Å²) in [5.41, 5.74) is 2.33. The van der Waals surface area contributed by atoms with E-state index < -0.39 is 0 Å². The molecule has 1 atom stereocenters. The third kappa shape index (κ3) is 7.10. The molecule has 0 bridgehead atoms. The lowest BCUT2D eigenvalue weighted by Crippen LogP contribution is -2.41. The van der Waals surface area contributed by atoms with Crippen LogP contribution < -0.4 is 5.32 Å². The van der Waals surface area contributed by atoms with Crippen LogP contribution in [0.3, 0.4) is 0 Å². The highest BCUT2D eigenvalue weighted by atomic mass is 127. The van der Waals surface area contributed by atoms with Crippen LogP contribution in [0.4, 0.5) is 0 Å². The second-order valence-corrected chi connectivity index (χ2v) is 6.65. The number of guanidine groups is 1. The SMILES string of the molecule is CN=C(NCCc1ccccn1)N1CCC(COCc2ccccc2)C1.I. The Balaban J connectivity index is 0.00000261. The predicted octanol–water partition coefficient (Wildman–Crippen LogP) is 3.36. The first kappa shape index (κ1) is 21.6. The van der Waals surface area contributed by atoms with E-state index in [1.807, 2.05) is 31.4 Å². The van der Waals surface area contributed by atoms with Crippen molar-refractivity contribution >= 4 is 29.9 Å². The summed E-state index contributed by atoms with van der Waals surface area (Å²) in [6.07, 6.45) is 3.89. The first-order chi connectivity index (χ1) is 12.8. The molecule has 1 saturated heterocycles. The number of pyridine rings is 1. The van der Waals surface area contributed by atoms with Gasteiger partial charge in [-0.3, -0.25) is 9.98 Å². The molecule has 1 aliphatic rings. The van der Waals surface area contributed by atoms with Crippen LogP contribution >= 0.6 is 24.0 Å². The molecule has 1 fully saturated rings. The lowest BCUT2D eigenvalue weighted by atomic mass is 10.1. The predicted molar refractivity (Wildman–Crippen MR) is 120 cm³/mol. The maximum Gasteiger partial charge on any atom is 0.193 e. The fraction of sp³-hybridized carbons (Fsp3) is 0.429. The number of ether oxygens (including phenoxy) is 1. The van der Waals surface area contributed by atoms with E-state index in [0.29, 0.717) is 12.5 Å². The van der Waals surface area contributed by atoms with Crippen LogP contribution in [0.25, 0.3) is 0 Å². The number of hydrogen-bond acceptors (Lipinski definition) is 3. The number of nitrogens with one attached hydrogen (secondary N) is 1. The number of benzene rings is 1. The zero-order valence-electron chi connectivity index (χ0n) is 15.9. The Bertz CT molecular complexity index is 681. The summed E-state index contributed by atoms with van der Waals surface area (Å²) in [5.74, 6) is 1.54. The van der Waals surface area contributed by atoms with Gasteiger partial charge in [-0.1, -0.05) is 36.4 Å². The number of halogens is 1. The maximum absolute atomic E-state index is 5.91. The summed E-state index contributed by atoms with van der Waals surface area (Å²) in [5, 5.41) is 3.46. The maximum atomic E-state index is 5.91. The summed E-state index contributed by atoms with van der Waals surface area (Å²) in [6.45, 7) is 4.36. The molecule has 0 spiro atoms. The molecule has 3 rings (SSSR count). The van der Waals surface area contributed by atoms with Crippen molar-refractivity contribution in [2.75, 3.05) is 33.3 Å². The minimum atomic E-state index is 0. The molecule has 2 aromatic rings. The molecular weight excluding hydrogens is 451 g/mol. The Morgan fingerprint density at radius 2 is 2.04 bits per heavy atom. The molecule has 5 nitrogen and oxygen atoms in total. The van der Waals surface area contributed by atoms with Gasteiger partial charge in [0.05, 0.1) is 13.2 Å². The molecule has 1 N–H and O–H groups in total. The van der Waals surface area contributed by atoms with Gasteiger partial charge in [0, 0.05) is 50.9 Å². The number of aromatic nitrogens is 1. The highest BCUT2D eigenvalue weighted by Crippen LogP contribution is 2.17. The molecule has 1 aliphatic heterocycles. The normalized spacial score (nSPS) is 16.9. The third-order valence-corrected chi connectivity index (χ3v) is 4.65. The minimum absolute atomic E-state index is 0. The summed E-state index contributed by atoms with van der Waals surface area (Å²) in [7, 11) is 1.85. The fourth-order valence-electron chi connectivity index (χ4n) is 3.26. The van der Waals surface area contributed by atoms with Crippen molar-refractivity contribution in [2.24, 2.45) is 10.9 Å². The van der Waals surface area contributed by atoms with E-state index in [2.05, 4.69) is 50.5 Å². The van der Waals surface area contributed by atoms with Gasteiger partial charge in [0.2, 0.25) is 0 Å². The molecule has 1 aromatic heterocycles. The van der Waals surface area contributed by atoms with Crippen molar-refractivity contribution in [1.82, 2.24) is 15.2 Å². The summed E-state index contributed by atoms with van der Waals surface area (Å²) >= 11 is 0. The van der Waals surface area contributed by atoms with Crippen LogP contribution in [-0.4, -0.2) is 49.1 Å². The standard InChI is InChI=1S/C21H28N4O.HI/c1-22-21(24-13-10-20-9-5-6-12-23-20)25-14-11-19(15-25)17-26-16-18-7-3-2-4-8-18;/h2-9,12,19H,10-11,13-17H2,1H3,(H,22,24);1H. The van der Waals surface area contributed by atoms with Gasteiger partial charge in [0.25, 0.3) is 0 Å². The van der Waals surface area contributed by atoms with Crippen LogP contribution in [0.1, 0.15) is 17.7 Å². The van der Waals surface area contributed by atoms with E-state index in [-0.39, 0.29) is 24.0 Å². The van der Waals surface area contributed by atoms with Crippen molar-refractivity contribution in [3.05, 3.63) is 66.0 Å². The first-order valence-electron chi connectivity index (χ1n) is 9.32. The number of likely N-dealkylation sites (tertiary alicyclic amines) is 1. The van der Waals surface area contributed by atoms with Gasteiger partial charge < -0.3 is 15.0 Å². The molecule has 6 heteroatoms. The second-order valence-electron chi connectivity index (χ2n) is 6.65. The van der Waals surface area contributed by atoms with E-state index in [0.717, 1.165) is 50.7 Å². The van der Waals surface area contributed by atoms with E-state index in [9.17, 15) is 0 Å². The van der Waals surface area contributed by atoms with E-state index in [1.54, 1.807) is 0 Å². The average molecular weight is 480 g/mol. The number of hydrogen-bond donors (Lipinski definition) is 1. The molecule has 0 saturated carbocycles. The Labute approximate surface area is 179 Å². The number of aliphatic imine (C=N–C) groups is 1. The molecule has 146 valence electrons.